The number of aryl methyl sites for hydroxylation is 1. The number of aromatic nitrogens is 2. The fourth-order valence-electron chi connectivity index (χ4n) is 2.48. The number of nitrogens with one attached hydrogen (secondary N) is 2. The zero-order chi connectivity index (χ0) is 13.8. The summed E-state index contributed by atoms with van der Waals surface area (Å²) < 4.78 is 0. The number of pyridine rings is 1. The van der Waals surface area contributed by atoms with Crippen LogP contribution in [-0.2, 0) is 13.0 Å². The van der Waals surface area contributed by atoms with E-state index in [9.17, 15) is 0 Å². The van der Waals surface area contributed by atoms with E-state index < -0.39 is 0 Å². The van der Waals surface area contributed by atoms with Gasteiger partial charge in [-0.3, -0.25) is 4.98 Å². The quantitative estimate of drug-likeness (QED) is 0.695. The summed E-state index contributed by atoms with van der Waals surface area (Å²) >= 11 is 0. The third-order valence-electron chi connectivity index (χ3n) is 3.50. The summed E-state index contributed by atoms with van der Waals surface area (Å²) in [5.74, 6) is 0. The molecule has 0 radical (unpaired) electrons. The number of hydrogen-bond donors (Lipinski definition) is 2. The number of H-pyrrole nitrogens is 1. The molecule has 3 aromatic rings. The summed E-state index contributed by atoms with van der Waals surface area (Å²) in [5, 5.41) is 4.78. The van der Waals surface area contributed by atoms with Crippen LogP contribution < -0.4 is 5.32 Å². The highest BCUT2D eigenvalue weighted by atomic mass is 14.9. The van der Waals surface area contributed by atoms with Gasteiger partial charge in [-0.1, -0.05) is 24.3 Å². The summed E-state index contributed by atoms with van der Waals surface area (Å²) in [6.07, 6.45) is 3.13. The second kappa shape index (κ2) is 5.88. The molecule has 2 heterocycles. The summed E-state index contributed by atoms with van der Waals surface area (Å²) in [7, 11) is 0. The lowest BCUT2D eigenvalue weighted by atomic mass is 10.1. The highest BCUT2D eigenvalue weighted by Gasteiger charge is 2.02. The van der Waals surface area contributed by atoms with Gasteiger partial charge in [-0.15, -0.1) is 0 Å². The van der Waals surface area contributed by atoms with Crippen LogP contribution in [0.4, 0.5) is 0 Å². The van der Waals surface area contributed by atoms with Crippen molar-refractivity contribution < 1.29 is 0 Å². The molecule has 0 spiro atoms. The van der Waals surface area contributed by atoms with Gasteiger partial charge in [-0.05, 0) is 43.7 Å². The minimum atomic E-state index is 0.823. The van der Waals surface area contributed by atoms with Crippen molar-refractivity contribution in [3.8, 4) is 0 Å². The molecule has 102 valence electrons. The van der Waals surface area contributed by atoms with E-state index in [1.165, 1.54) is 16.5 Å². The topological polar surface area (TPSA) is 40.7 Å². The Morgan fingerprint density at radius 2 is 2.00 bits per heavy atom. The standard InChI is InChI=1S/C17H19N3/c1-13-5-4-6-15(20-13)12-18-10-9-14-11-19-17-8-3-2-7-16(14)17/h2-8,11,18-19H,9-10,12H2,1H3. The third-order valence-corrected chi connectivity index (χ3v) is 3.50. The van der Waals surface area contributed by atoms with Gasteiger partial charge in [0.25, 0.3) is 0 Å². The number of fused-ring (bicyclic) bond motifs is 1. The molecule has 2 aromatic heterocycles. The van der Waals surface area contributed by atoms with Gasteiger partial charge >= 0.3 is 0 Å². The maximum atomic E-state index is 4.49. The fourth-order valence-corrected chi connectivity index (χ4v) is 2.48. The van der Waals surface area contributed by atoms with Crippen LogP contribution in [0, 0.1) is 6.92 Å². The Kier molecular flexibility index (Phi) is 3.79. The van der Waals surface area contributed by atoms with E-state index in [1.807, 2.05) is 13.0 Å². The number of para-hydroxylation sites is 1. The average molecular weight is 265 g/mol. The molecule has 0 bridgehead atoms. The molecular weight excluding hydrogens is 246 g/mol. The zero-order valence-electron chi connectivity index (χ0n) is 11.7. The first-order valence-corrected chi connectivity index (χ1v) is 7.01. The molecule has 0 aliphatic rings. The first-order chi connectivity index (χ1) is 9.83. The Balaban J connectivity index is 1.55. The maximum absolute atomic E-state index is 4.49. The number of nitrogens with zero attached hydrogens (tertiary/aromatic N) is 1. The molecule has 0 amide bonds. The number of rotatable bonds is 5. The van der Waals surface area contributed by atoms with Gasteiger partial charge in [0.05, 0.1) is 5.69 Å². The van der Waals surface area contributed by atoms with Gasteiger partial charge in [-0.25, -0.2) is 0 Å². The predicted molar refractivity (Wildman–Crippen MR) is 82.7 cm³/mol. The molecule has 0 aliphatic heterocycles. The van der Waals surface area contributed by atoms with Crippen molar-refractivity contribution in [3.05, 3.63) is 65.6 Å². The molecule has 3 heteroatoms. The predicted octanol–water partition coefficient (Wildman–Crippen LogP) is 3.20. The summed E-state index contributed by atoms with van der Waals surface area (Å²) in [5.41, 5.74) is 4.75. The van der Waals surface area contributed by atoms with Crippen molar-refractivity contribution in [1.29, 1.82) is 0 Å². The first kappa shape index (κ1) is 12.9. The number of benzene rings is 1. The first-order valence-electron chi connectivity index (χ1n) is 7.01. The van der Waals surface area contributed by atoms with E-state index in [2.05, 4.69) is 57.9 Å². The van der Waals surface area contributed by atoms with Crippen molar-refractivity contribution in [3.63, 3.8) is 0 Å². The Morgan fingerprint density at radius 1 is 1.10 bits per heavy atom. The highest BCUT2D eigenvalue weighted by molar-refractivity contribution is 5.83. The molecule has 0 aliphatic carbocycles. The normalized spacial score (nSPS) is 11.1. The monoisotopic (exact) mass is 265 g/mol. The molecule has 20 heavy (non-hydrogen) atoms. The average Bonchev–Trinajstić information content (AvgIpc) is 2.87. The Bertz CT molecular complexity index is 700. The van der Waals surface area contributed by atoms with Crippen LogP contribution in [0.3, 0.4) is 0 Å². The van der Waals surface area contributed by atoms with E-state index in [-0.39, 0.29) is 0 Å². The number of aromatic amines is 1. The third kappa shape index (κ3) is 2.89. The van der Waals surface area contributed by atoms with E-state index in [1.54, 1.807) is 0 Å². The second-order valence-electron chi connectivity index (χ2n) is 5.06. The van der Waals surface area contributed by atoms with E-state index in [0.29, 0.717) is 0 Å². The summed E-state index contributed by atoms with van der Waals surface area (Å²) in [6.45, 7) is 3.80. The minimum absolute atomic E-state index is 0.823. The van der Waals surface area contributed by atoms with E-state index in [0.717, 1.165) is 30.9 Å². The zero-order valence-corrected chi connectivity index (χ0v) is 11.7. The SMILES string of the molecule is Cc1cccc(CNCCc2c[nH]c3ccccc23)n1. The summed E-state index contributed by atoms with van der Waals surface area (Å²) in [6, 6.07) is 14.6. The van der Waals surface area contributed by atoms with Gasteiger partial charge in [0.2, 0.25) is 0 Å². The van der Waals surface area contributed by atoms with Crippen LogP contribution >= 0.6 is 0 Å². The maximum Gasteiger partial charge on any atom is 0.0544 e. The Labute approximate surface area is 119 Å². The second-order valence-corrected chi connectivity index (χ2v) is 5.06. The number of hydrogen-bond acceptors (Lipinski definition) is 2. The van der Waals surface area contributed by atoms with Gasteiger partial charge in [0.1, 0.15) is 0 Å². The lowest BCUT2D eigenvalue weighted by Crippen LogP contribution is -2.17. The van der Waals surface area contributed by atoms with Crippen molar-refractivity contribution in [2.24, 2.45) is 0 Å². The highest BCUT2D eigenvalue weighted by Crippen LogP contribution is 2.17. The molecule has 0 atom stereocenters. The largest absolute Gasteiger partial charge is 0.361 e. The van der Waals surface area contributed by atoms with Crippen molar-refractivity contribution in [1.82, 2.24) is 15.3 Å². The van der Waals surface area contributed by atoms with Gasteiger partial charge < -0.3 is 10.3 Å². The van der Waals surface area contributed by atoms with Gasteiger partial charge in [0, 0.05) is 29.3 Å². The van der Waals surface area contributed by atoms with Crippen LogP contribution in [0.5, 0.6) is 0 Å². The molecule has 0 saturated heterocycles. The molecule has 1 aromatic carbocycles. The van der Waals surface area contributed by atoms with Crippen LogP contribution in [0.25, 0.3) is 10.9 Å². The molecule has 0 saturated carbocycles. The molecule has 0 unspecified atom stereocenters. The van der Waals surface area contributed by atoms with Crippen LogP contribution in [0.2, 0.25) is 0 Å². The minimum Gasteiger partial charge on any atom is -0.361 e. The lowest BCUT2D eigenvalue weighted by molar-refractivity contribution is 0.675. The lowest BCUT2D eigenvalue weighted by Gasteiger charge is -2.04. The smallest absolute Gasteiger partial charge is 0.0544 e. The molecule has 0 fully saturated rings. The van der Waals surface area contributed by atoms with Gasteiger partial charge in [0.15, 0.2) is 0 Å². The van der Waals surface area contributed by atoms with Crippen LogP contribution in [-0.4, -0.2) is 16.5 Å². The summed E-state index contributed by atoms with van der Waals surface area (Å²) in [4.78, 5) is 7.80. The molecule has 2 N–H and O–H groups in total. The molecule has 3 rings (SSSR count). The Morgan fingerprint density at radius 3 is 2.90 bits per heavy atom. The van der Waals surface area contributed by atoms with Crippen molar-refractivity contribution >= 4 is 10.9 Å². The van der Waals surface area contributed by atoms with E-state index in [4.69, 9.17) is 0 Å². The van der Waals surface area contributed by atoms with Crippen molar-refractivity contribution in [2.75, 3.05) is 6.54 Å². The van der Waals surface area contributed by atoms with E-state index >= 15 is 0 Å². The Hall–Kier alpha value is -2.13. The fraction of sp³-hybridized carbons (Fsp3) is 0.235. The van der Waals surface area contributed by atoms with Crippen LogP contribution in [0.1, 0.15) is 17.0 Å². The molecule has 3 nitrogen and oxygen atoms in total. The van der Waals surface area contributed by atoms with Crippen molar-refractivity contribution in [2.45, 2.75) is 19.9 Å². The molecular formula is C17H19N3. The van der Waals surface area contributed by atoms with Crippen LogP contribution in [0.15, 0.2) is 48.7 Å². The van der Waals surface area contributed by atoms with Gasteiger partial charge in [-0.2, -0.15) is 0 Å².